The number of nitrogens with zero attached hydrogens (tertiary/aromatic N) is 1. The van der Waals surface area contributed by atoms with Gasteiger partial charge in [0.05, 0.1) is 22.3 Å². The van der Waals surface area contributed by atoms with Gasteiger partial charge in [-0.2, -0.15) is 0 Å². The maximum Gasteiger partial charge on any atom is 0.172 e. The van der Waals surface area contributed by atoms with Crippen LogP contribution in [0.25, 0.3) is 44.1 Å². The maximum atomic E-state index is 10.3. The average Bonchev–Trinajstić information content (AvgIpc) is 2.81. The zero-order valence-electron chi connectivity index (χ0n) is 17.3. The number of hydrogen-bond acceptors (Lipinski definition) is 3. The highest BCUT2D eigenvalue weighted by molar-refractivity contribution is 9.10. The van der Waals surface area contributed by atoms with Crippen molar-refractivity contribution in [3.8, 4) is 33.9 Å². The van der Waals surface area contributed by atoms with E-state index >= 15 is 0 Å². The third kappa shape index (κ3) is 3.70. The minimum absolute atomic E-state index is 0.0836. The number of phenolic OH excluding ortho intramolecular Hbond substituents is 1. The van der Waals surface area contributed by atoms with Crippen molar-refractivity contribution in [1.82, 2.24) is 4.98 Å². The first-order chi connectivity index (χ1) is 15.5. The lowest BCUT2D eigenvalue weighted by Gasteiger charge is -2.14. The van der Waals surface area contributed by atoms with Gasteiger partial charge >= 0.3 is 0 Å². The first-order valence-corrected chi connectivity index (χ1v) is 11.5. The lowest BCUT2D eigenvalue weighted by molar-refractivity contribution is 0.317. The smallest absolute Gasteiger partial charge is 0.172 e. The van der Waals surface area contributed by atoms with Gasteiger partial charge in [0, 0.05) is 16.0 Å². The van der Waals surface area contributed by atoms with Crippen LogP contribution in [0.4, 0.5) is 0 Å². The van der Waals surface area contributed by atoms with E-state index in [-0.39, 0.29) is 5.75 Å². The van der Waals surface area contributed by atoms with E-state index in [1.165, 1.54) is 0 Å². The predicted molar refractivity (Wildman–Crippen MR) is 136 cm³/mol. The Labute approximate surface area is 199 Å². The molecule has 0 aliphatic carbocycles. The van der Waals surface area contributed by atoms with Gasteiger partial charge in [-0.15, -0.1) is 0 Å². The summed E-state index contributed by atoms with van der Waals surface area (Å²) in [4.78, 5) is 4.99. The molecule has 158 valence electrons. The van der Waals surface area contributed by atoms with Crippen molar-refractivity contribution >= 4 is 49.2 Å². The van der Waals surface area contributed by atoms with Gasteiger partial charge in [0.1, 0.15) is 0 Å². The predicted octanol–water partition coefficient (Wildman–Crippen LogP) is 8.24. The average molecular weight is 505 g/mol. The second-order valence-electron chi connectivity index (χ2n) is 7.48. The molecule has 0 spiro atoms. The van der Waals surface area contributed by atoms with Gasteiger partial charge in [0.15, 0.2) is 11.5 Å². The summed E-state index contributed by atoms with van der Waals surface area (Å²) in [6, 6.07) is 26.1. The van der Waals surface area contributed by atoms with Gasteiger partial charge in [-0.25, -0.2) is 4.98 Å². The number of fused-ring (bicyclic) bond motifs is 3. The first-order valence-electron chi connectivity index (χ1n) is 10.3. The van der Waals surface area contributed by atoms with E-state index in [2.05, 4.69) is 46.3 Å². The minimum atomic E-state index is 0.0836. The molecule has 0 amide bonds. The van der Waals surface area contributed by atoms with Crippen LogP contribution in [0.2, 0.25) is 5.02 Å². The summed E-state index contributed by atoms with van der Waals surface area (Å²) in [5.74, 6) is 0.505. The maximum absolute atomic E-state index is 10.3. The largest absolute Gasteiger partial charge is 0.503 e. The molecule has 0 bridgehead atoms. The molecule has 1 N–H and O–H groups in total. The Bertz CT molecular complexity index is 1470. The molecule has 0 aliphatic rings. The lowest BCUT2D eigenvalue weighted by Crippen LogP contribution is -1.95. The molecule has 3 nitrogen and oxygen atoms in total. The molecule has 0 saturated heterocycles. The Morgan fingerprint density at radius 1 is 0.938 bits per heavy atom. The fourth-order valence-electron chi connectivity index (χ4n) is 4.00. The van der Waals surface area contributed by atoms with Gasteiger partial charge in [-0.05, 0) is 81.2 Å². The number of pyridine rings is 1. The molecule has 32 heavy (non-hydrogen) atoms. The minimum Gasteiger partial charge on any atom is -0.503 e. The zero-order valence-corrected chi connectivity index (χ0v) is 19.6. The molecule has 5 heteroatoms. The molecule has 0 atom stereocenters. The molecule has 1 heterocycles. The summed E-state index contributed by atoms with van der Waals surface area (Å²) in [5, 5.41) is 14.4. The van der Waals surface area contributed by atoms with Crippen LogP contribution in [0, 0.1) is 0 Å². The van der Waals surface area contributed by atoms with Gasteiger partial charge < -0.3 is 9.84 Å². The third-order valence-corrected chi connectivity index (χ3v) is 6.33. The lowest BCUT2D eigenvalue weighted by atomic mass is 9.94. The summed E-state index contributed by atoms with van der Waals surface area (Å²) in [5.41, 5.74) is 4.67. The van der Waals surface area contributed by atoms with Crippen molar-refractivity contribution in [2.75, 3.05) is 6.61 Å². The van der Waals surface area contributed by atoms with Crippen LogP contribution in [0.5, 0.6) is 11.5 Å². The van der Waals surface area contributed by atoms with Crippen LogP contribution in [-0.4, -0.2) is 16.7 Å². The third-order valence-electron chi connectivity index (χ3n) is 5.48. The Kier molecular flexibility index (Phi) is 5.50. The second-order valence-corrected chi connectivity index (χ2v) is 8.77. The van der Waals surface area contributed by atoms with E-state index in [4.69, 9.17) is 21.3 Å². The van der Waals surface area contributed by atoms with Crippen LogP contribution >= 0.6 is 27.5 Å². The Balaban J connectivity index is 1.83. The van der Waals surface area contributed by atoms with Crippen LogP contribution in [0.15, 0.2) is 83.3 Å². The normalized spacial score (nSPS) is 11.2. The number of phenols is 1. The molecular formula is C27H19BrClNO2. The molecule has 0 aliphatic heterocycles. The highest BCUT2D eigenvalue weighted by atomic mass is 79.9. The Morgan fingerprint density at radius 2 is 1.72 bits per heavy atom. The number of hydrogen-bond donors (Lipinski definition) is 1. The van der Waals surface area contributed by atoms with Crippen LogP contribution < -0.4 is 4.74 Å². The number of ether oxygens (including phenoxy) is 1. The number of aromatic hydroxyl groups is 1. The monoisotopic (exact) mass is 503 g/mol. The fraction of sp³-hybridized carbons (Fsp3) is 0.0741. The van der Waals surface area contributed by atoms with E-state index in [0.29, 0.717) is 21.9 Å². The SMILES string of the molecule is CCOc1cc(-c2cc(-c3ccc(Cl)cc3)c3c(ccc4ccccc43)n2)cc(Br)c1O. The molecular weight excluding hydrogens is 486 g/mol. The first kappa shape index (κ1) is 20.8. The second kappa shape index (κ2) is 8.45. The van der Waals surface area contributed by atoms with Crippen molar-refractivity contribution in [3.63, 3.8) is 0 Å². The van der Waals surface area contributed by atoms with E-state index in [0.717, 1.165) is 44.1 Å². The molecule has 0 fully saturated rings. The Hall–Kier alpha value is -3.08. The quantitative estimate of drug-likeness (QED) is 0.251. The van der Waals surface area contributed by atoms with Crippen LogP contribution in [0.1, 0.15) is 6.92 Å². The van der Waals surface area contributed by atoms with Crippen molar-refractivity contribution in [2.45, 2.75) is 6.92 Å². The number of halogens is 2. The molecule has 0 saturated carbocycles. The summed E-state index contributed by atoms with van der Waals surface area (Å²) < 4.78 is 6.19. The van der Waals surface area contributed by atoms with Gasteiger partial charge in [0.2, 0.25) is 0 Å². The topological polar surface area (TPSA) is 42.4 Å². The Morgan fingerprint density at radius 3 is 2.50 bits per heavy atom. The molecule has 5 aromatic rings. The van der Waals surface area contributed by atoms with Gasteiger partial charge in [-0.1, -0.05) is 54.1 Å². The summed E-state index contributed by atoms with van der Waals surface area (Å²) in [6.45, 7) is 2.34. The molecule has 1 aromatic heterocycles. The highest BCUT2D eigenvalue weighted by Gasteiger charge is 2.16. The highest BCUT2D eigenvalue weighted by Crippen LogP contribution is 2.41. The molecule has 5 rings (SSSR count). The molecule has 0 radical (unpaired) electrons. The van der Waals surface area contributed by atoms with E-state index in [9.17, 15) is 5.11 Å². The van der Waals surface area contributed by atoms with Crippen molar-refractivity contribution in [2.24, 2.45) is 0 Å². The van der Waals surface area contributed by atoms with Crippen LogP contribution in [-0.2, 0) is 0 Å². The standard InChI is InChI=1S/C27H19BrClNO2/c1-2-32-25-14-18(13-22(28)27(25)31)24-15-21(17-7-10-19(29)11-8-17)26-20-6-4-3-5-16(20)9-12-23(26)30-24/h3-15,31H,2H2,1H3. The molecule has 4 aromatic carbocycles. The van der Waals surface area contributed by atoms with E-state index in [1.54, 1.807) is 0 Å². The number of rotatable bonds is 4. The van der Waals surface area contributed by atoms with Crippen molar-refractivity contribution in [3.05, 3.63) is 88.4 Å². The van der Waals surface area contributed by atoms with Gasteiger partial charge in [-0.3, -0.25) is 0 Å². The van der Waals surface area contributed by atoms with Crippen LogP contribution in [0.3, 0.4) is 0 Å². The fourth-order valence-corrected chi connectivity index (χ4v) is 4.57. The van der Waals surface area contributed by atoms with Crippen molar-refractivity contribution in [1.29, 1.82) is 0 Å². The van der Waals surface area contributed by atoms with Gasteiger partial charge in [0.25, 0.3) is 0 Å². The summed E-state index contributed by atoms with van der Waals surface area (Å²) >= 11 is 9.61. The van der Waals surface area contributed by atoms with E-state index < -0.39 is 0 Å². The summed E-state index contributed by atoms with van der Waals surface area (Å²) in [6.07, 6.45) is 0. The van der Waals surface area contributed by atoms with Crippen molar-refractivity contribution < 1.29 is 9.84 Å². The molecule has 0 unspecified atom stereocenters. The number of aromatic nitrogens is 1. The summed E-state index contributed by atoms with van der Waals surface area (Å²) in [7, 11) is 0. The number of benzene rings is 4. The van der Waals surface area contributed by atoms with E-state index in [1.807, 2.05) is 55.5 Å². The zero-order chi connectivity index (χ0) is 22.2.